The first-order chi connectivity index (χ1) is 22.4. The summed E-state index contributed by atoms with van der Waals surface area (Å²) in [7, 11) is 0. The molecule has 0 aliphatic carbocycles. The number of aromatic nitrogens is 3. The molecule has 0 saturated carbocycles. The van der Waals surface area contributed by atoms with E-state index in [1.54, 1.807) is 30.3 Å². The van der Waals surface area contributed by atoms with Gasteiger partial charge in [-0.2, -0.15) is 21.0 Å². The number of allylic oxidation sites excluding steroid dienone is 2. The monoisotopic (exact) mass is 588 g/mol. The maximum atomic E-state index is 10.3. The lowest BCUT2D eigenvalue weighted by atomic mass is 10.1. The Bertz CT molecular complexity index is 2630. The van der Waals surface area contributed by atoms with Crippen molar-refractivity contribution in [3.8, 4) is 53.1 Å². The van der Waals surface area contributed by atoms with E-state index in [4.69, 9.17) is 13.1 Å². The highest BCUT2D eigenvalue weighted by Gasteiger charge is 2.22. The summed E-state index contributed by atoms with van der Waals surface area (Å²) in [6.45, 7) is 14.6. The van der Waals surface area contributed by atoms with Crippen LogP contribution in [0.3, 0.4) is 0 Å². The number of hydrogen-bond acceptors (Lipinski definition) is 12. The Morgan fingerprint density at radius 3 is 2.02 bits per heavy atom. The summed E-state index contributed by atoms with van der Waals surface area (Å²) in [5.41, 5.74) is 0.761. The highest BCUT2D eigenvalue weighted by Crippen LogP contribution is 2.26. The van der Waals surface area contributed by atoms with Gasteiger partial charge in [0.25, 0.3) is 0 Å². The van der Waals surface area contributed by atoms with Crippen molar-refractivity contribution in [1.82, 2.24) is 15.0 Å². The molecule has 0 unspecified atom stereocenters. The summed E-state index contributed by atoms with van der Waals surface area (Å²) >= 11 is 0. The van der Waals surface area contributed by atoms with Crippen LogP contribution >= 0.6 is 0 Å². The van der Waals surface area contributed by atoms with Crippen LogP contribution in [-0.4, -0.2) is 15.0 Å². The van der Waals surface area contributed by atoms with Crippen molar-refractivity contribution < 1.29 is 0 Å². The van der Waals surface area contributed by atoms with Crippen LogP contribution in [0.5, 0.6) is 0 Å². The minimum Gasteiger partial charge on any atom is -0.238 e. The van der Waals surface area contributed by atoms with Crippen molar-refractivity contribution in [3.05, 3.63) is 133 Å². The average molecular weight is 589 g/mol. The predicted molar refractivity (Wildman–Crippen MR) is 154 cm³/mol. The summed E-state index contributed by atoms with van der Waals surface area (Å²) in [6.07, 6.45) is 0. The number of nitriles is 5. The number of fused-ring (bicyclic) bond motifs is 2. The molecule has 0 saturated heterocycles. The van der Waals surface area contributed by atoms with Gasteiger partial charge in [-0.05, 0) is 48.5 Å². The summed E-state index contributed by atoms with van der Waals surface area (Å²) in [5, 5.41) is 49.3. The second kappa shape index (κ2) is 11.2. The molecule has 4 aromatic rings. The Morgan fingerprint density at radius 2 is 1.39 bits per heavy atom. The van der Waals surface area contributed by atoms with Crippen LogP contribution in [0.4, 0.5) is 5.69 Å². The Morgan fingerprint density at radius 1 is 0.674 bits per heavy atom. The molecular formula is C32H8N14. The lowest BCUT2D eigenvalue weighted by Gasteiger charge is -2.09. The molecule has 0 bridgehead atoms. The first-order valence-electron chi connectivity index (χ1n) is 12.8. The molecule has 2 aliphatic heterocycles. The largest absolute Gasteiger partial charge is 0.305 e. The highest BCUT2D eigenvalue weighted by atomic mass is 15.1. The van der Waals surface area contributed by atoms with Gasteiger partial charge in [-0.15, -0.1) is 0 Å². The predicted octanol–water partition coefficient (Wildman–Crippen LogP) is 2.38. The third kappa shape index (κ3) is 4.62. The summed E-state index contributed by atoms with van der Waals surface area (Å²) < 4.78 is 0. The second-order valence-corrected chi connectivity index (χ2v) is 9.20. The topological polar surface area (TPSA) is 216 Å². The minimum absolute atomic E-state index is 0.00552. The number of nitrogens with zero attached hydrogens (tertiary/aromatic N) is 14. The molecule has 3 aromatic carbocycles. The second-order valence-electron chi connectivity index (χ2n) is 9.20. The van der Waals surface area contributed by atoms with Gasteiger partial charge in [0.05, 0.1) is 64.1 Å². The van der Waals surface area contributed by atoms with E-state index in [9.17, 15) is 26.3 Å². The molecule has 3 heterocycles. The SMILES string of the molecule is [C-]#[N+]/C(C#N)=C1\N=c2ccc(-c3nc(/C(C#N)=C4/N=c5cc(C#N)c([N+]#[C-])cc5=N4)nc(-c4ccc(C#N)cc4)n3)c(C#N)c2=N1. The zero-order chi connectivity index (χ0) is 32.4. The van der Waals surface area contributed by atoms with Crippen LogP contribution in [0.2, 0.25) is 0 Å². The maximum Gasteiger partial charge on any atom is 0.305 e. The third-order valence-corrected chi connectivity index (χ3v) is 6.64. The quantitative estimate of drug-likeness (QED) is 0.255. The molecule has 0 N–H and O–H groups in total. The van der Waals surface area contributed by atoms with Gasteiger partial charge in [0.1, 0.15) is 23.1 Å². The third-order valence-electron chi connectivity index (χ3n) is 6.64. The van der Waals surface area contributed by atoms with E-state index < -0.39 is 0 Å². The average Bonchev–Trinajstić information content (AvgIpc) is 3.72. The molecule has 1 aromatic heterocycles. The van der Waals surface area contributed by atoms with Crippen molar-refractivity contribution in [2.45, 2.75) is 0 Å². The molecule has 206 valence electrons. The molecule has 0 radical (unpaired) electrons. The van der Waals surface area contributed by atoms with Gasteiger partial charge in [-0.3, -0.25) is 0 Å². The van der Waals surface area contributed by atoms with Crippen molar-refractivity contribution >= 4 is 11.3 Å². The number of hydrogen-bond donors (Lipinski definition) is 0. The van der Waals surface area contributed by atoms with E-state index in [0.29, 0.717) is 11.1 Å². The fraction of sp³-hybridized carbons (Fsp3) is 0. The van der Waals surface area contributed by atoms with Gasteiger partial charge in [0.2, 0.25) is 5.69 Å². The standard InChI is InChI=1S/C32H8N14/c1-38-23-10-25-24(9-18(23)12-34)41-30(42-25)21(14-36)31-45-28(17-5-3-16(11-33)4-6-17)44-29(46-31)19-7-8-22-27(20(19)13-35)43-32(40-22)26(15-37)39-2/h3-10H/b30-21-,32-26+. The summed E-state index contributed by atoms with van der Waals surface area (Å²) in [5.74, 6) is -0.251. The van der Waals surface area contributed by atoms with Crippen LogP contribution < -0.4 is 21.4 Å². The molecule has 0 fully saturated rings. The normalized spacial score (nSPS) is 13.8. The van der Waals surface area contributed by atoms with Gasteiger partial charge < -0.3 is 0 Å². The summed E-state index contributed by atoms with van der Waals surface area (Å²) in [4.78, 5) is 37.3. The zero-order valence-corrected chi connectivity index (χ0v) is 22.9. The smallest absolute Gasteiger partial charge is 0.238 e. The number of rotatable bonds is 3. The van der Waals surface area contributed by atoms with Gasteiger partial charge in [0.15, 0.2) is 29.1 Å². The molecular weight excluding hydrogens is 580 g/mol. The van der Waals surface area contributed by atoms with E-state index >= 15 is 0 Å². The van der Waals surface area contributed by atoms with Gasteiger partial charge in [-0.25, -0.2) is 49.9 Å². The Kier molecular flexibility index (Phi) is 6.81. The van der Waals surface area contributed by atoms with Gasteiger partial charge in [-0.1, -0.05) is 0 Å². The fourth-order valence-electron chi connectivity index (χ4n) is 4.48. The van der Waals surface area contributed by atoms with Crippen LogP contribution in [0.1, 0.15) is 22.5 Å². The van der Waals surface area contributed by atoms with E-state index in [2.05, 4.69) is 50.7 Å². The Labute approximate surface area is 258 Å². The molecule has 14 nitrogen and oxygen atoms in total. The highest BCUT2D eigenvalue weighted by molar-refractivity contribution is 5.78. The van der Waals surface area contributed by atoms with Crippen molar-refractivity contribution in [1.29, 1.82) is 26.3 Å². The van der Waals surface area contributed by atoms with Crippen LogP contribution in [0.15, 0.2) is 85.8 Å². The van der Waals surface area contributed by atoms with Gasteiger partial charge >= 0.3 is 5.70 Å². The fourth-order valence-corrected chi connectivity index (χ4v) is 4.48. The van der Waals surface area contributed by atoms with Crippen molar-refractivity contribution in [2.75, 3.05) is 0 Å². The minimum atomic E-state index is -0.340. The van der Waals surface area contributed by atoms with Crippen LogP contribution in [0, 0.1) is 69.8 Å². The van der Waals surface area contributed by atoms with E-state index in [1.165, 1.54) is 24.3 Å². The van der Waals surface area contributed by atoms with E-state index in [1.807, 2.05) is 18.2 Å². The Balaban J connectivity index is 1.62. The maximum absolute atomic E-state index is 10.3. The van der Waals surface area contributed by atoms with E-state index in [-0.39, 0.29) is 84.2 Å². The summed E-state index contributed by atoms with van der Waals surface area (Å²) in [6, 6.07) is 22.1. The lowest BCUT2D eigenvalue weighted by Crippen LogP contribution is -2.25. The zero-order valence-electron chi connectivity index (χ0n) is 22.9. The molecule has 0 spiro atoms. The first-order valence-corrected chi connectivity index (χ1v) is 12.8. The molecule has 14 heteroatoms. The molecule has 46 heavy (non-hydrogen) atoms. The van der Waals surface area contributed by atoms with E-state index in [0.717, 1.165) is 0 Å². The first kappa shape index (κ1) is 27.9. The molecule has 2 aliphatic rings. The Hall–Kier alpha value is -8.22. The van der Waals surface area contributed by atoms with Crippen LogP contribution in [-0.2, 0) is 0 Å². The molecule has 0 amide bonds. The lowest BCUT2D eigenvalue weighted by molar-refractivity contribution is 1.03. The molecule has 0 atom stereocenters. The van der Waals surface area contributed by atoms with Crippen molar-refractivity contribution in [2.24, 2.45) is 20.0 Å². The van der Waals surface area contributed by atoms with Crippen molar-refractivity contribution in [3.63, 3.8) is 0 Å². The molecule has 6 rings (SSSR count). The number of benzene rings is 3. The van der Waals surface area contributed by atoms with Crippen LogP contribution in [0.25, 0.3) is 38.0 Å². The van der Waals surface area contributed by atoms with Gasteiger partial charge in [0, 0.05) is 11.1 Å².